The SMILES string of the molecule is CC1CC(C)N(S(=O)(=O)c2ccc(CNC(C)(C)C)o2)C1. The van der Waals surface area contributed by atoms with E-state index in [0.717, 1.165) is 6.42 Å². The Morgan fingerprint density at radius 3 is 2.52 bits per heavy atom. The zero-order valence-electron chi connectivity index (χ0n) is 13.5. The van der Waals surface area contributed by atoms with Gasteiger partial charge in [0.1, 0.15) is 5.76 Å². The van der Waals surface area contributed by atoms with Crippen molar-refractivity contribution < 1.29 is 12.8 Å². The minimum Gasteiger partial charge on any atom is -0.447 e. The minimum atomic E-state index is -3.51. The van der Waals surface area contributed by atoms with Gasteiger partial charge in [0.05, 0.1) is 6.54 Å². The highest BCUT2D eigenvalue weighted by Crippen LogP contribution is 2.29. The molecule has 0 spiro atoms. The van der Waals surface area contributed by atoms with Crippen LogP contribution in [0.15, 0.2) is 21.6 Å². The van der Waals surface area contributed by atoms with E-state index in [4.69, 9.17) is 4.42 Å². The average molecular weight is 314 g/mol. The van der Waals surface area contributed by atoms with Gasteiger partial charge >= 0.3 is 0 Å². The van der Waals surface area contributed by atoms with E-state index in [1.165, 1.54) is 0 Å². The van der Waals surface area contributed by atoms with Gasteiger partial charge < -0.3 is 9.73 Å². The summed E-state index contributed by atoms with van der Waals surface area (Å²) in [6.07, 6.45) is 0.901. The maximum absolute atomic E-state index is 12.6. The number of hydrogen-bond donors (Lipinski definition) is 1. The van der Waals surface area contributed by atoms with Crippen LogP contribution in [-0.2, 0) is 16.6 Å². The maximum Gasteiger partial charge on any atom is 0.276 e. The summed E-state index contributed by atoms with van der Waals surface area (Å²) in [4.78, 5) is 0. The summed E-state index contributed by atoms with van der Waals surface area (Å²) in [5.74, 6) is 1.04. The van der Waals surface area contributed by atoms with Gasteiger partial charge in [-0.1, -0.05) is 6.92 Å². The van der Waals surface area contributed by atoms with Crippen LogP contribution in [0.2, 0.25) is 0 Å². The molecule has 0 amide bonds. The molecule has 2 atom stereocenters. The molecule has 0 aliphatic carbocycles. The third-order valence-corrected chi connectivity index (χ3v) is 5.57. The van der Waals surface area contributed by atoms with Crippen LogP contribution >= 0.6 is 0 Å². The molecule has 0 radical (unpaired) electrons. The highest BCUT2D eigenvalue weighted by molar-refractivity contribution is 7.89. The molecule has 1 aromatic heterocycles. The molecule has 5 nitrogen and oxygen atoms in total. The van der Waals surface area contributed by atoms with Crippen LogP contribution in [0.3, 0.4) is 0 Å². The summed E-state index contributed by atoms with van der Waals surface area (Å²) in [5.41, 5.74) is -0.0370. The second kappa shape index (κ2) is 5.74. The normalized spacial score (nSPS) is 24.6. The Balaban J connectivity index is 2.13. The van der Waals surface area contributed by atoms with Gasteiger partial charge in [0.25, 0.3) is 10.0 Å². The third kappa shape index (κ3) is 3.87. The first-order chi connectivity index (χ1) is 9.59. The first-order valence-corrected chi connectivity index (χ1v) is 8.89. The largest absolute Gasteiger partial charge is 0.447 e. The smallest absolute Gasteiger partial charge is 0.276 e. The van der Waals surface area contributed by atoms with Gasteiger partial charge in [-0.2, -0.15) is 4.31 Å². The molecule has 1 saturated heterocycles. The van der Waals surface area contributed by atoms with Crippen molar-refractivity contribution in [2.75, 3.05) is 6.54 Å². The number of rotatable bonds is 4. The monoisotopic (exact) mass is 314 g/mol. The van der Waals surface area contributed by atoms with Crippen molar-refractivity contribution in [2.24, 2.45) is 5.92 Å². The average Bonchev–Trinajstić information content (AvgIpc) is 2.93. The van der Waals surface area contributed by atoms with E-state index in [0.29, 0.717) is 24.8 Å². The van der Waals surface area contributed by atoms with Gasteiger partial charge in [-0.05, 0) is 52.2 Å². The molecular formula is C15H26N2O3S. The highest BCUT2D eigenvalue weighted by Gasteiger charge is 2.37. The first-order valence-electron chi connectivity index (χ1n) is 7.45. The lowest BCUT2D eigenvalue weighted by Gasteiger charge is -2.20. The van der Waals surface area contributed by atoms with Crippen LogP contribution in [0.5, 0.6) is 0 Å². The predicted octanol–water partition coefficient (Wildman–Crippen LogP) is 2.59. The zero-order chi connectivity index (χ0) is 15.8. The summed E-state index contributed by atoms with van der Waals surface area (Å²) in [6.45, 7) is 11.3. The van der Waals surface area contributed by atoms with E-state index in [2.05, 4.69) is 33.0 Å². The molecule has 1 aromatic rings. The molecule has 21 heavy (non-hydrogen) atoms. The standard InChI is InChI=1S/C15H26N2O3S/c1-11-8-12(2)17(10-11)21(18,19)14-7-6-13(20-14)9-16-15(3,4)5/h6-7,11-12,16H,8-10H2,1-5H3. The van der Waals surface area contributed by atoms with Crippen LogP contribution in [0.1, 0.15) is 46.8 Å². The fourth-order valence-electron chi connectivity index (χ4n) is 2.66. The van der Waals surface area contributed by atoms with Crippen molar-refractivity contribution >= 4 is 10.0 Å². The van der Waals surface area contributed by atoms with Crippen molar-refractivity contribution in [1.29, 1.82) is 0 Å². The molecule has 0 bridgehead atoms. The van der Waals surface area contributed by atoms with Crippen LogP contribution in [0, 0.1) is 5.92 Å². The van der Waals surface area contributed by atoms with Gasteiger partial charge in [-0.3, -0.25) is 0 Å². The van der Waals surface area contributed by atoms with E-state index in [1.54, 1.807) is 16.4 Å². The van der Waals surface area contributed by atoms with E-state index < -0.39 is 10.0 Å². The fourth-order valence-corrected chi connectivity index (χ4v) is 4.35. The molecule has 0 aromatic carbocycles. The molecule has 1 aliphatic heterocycles. The molecule has 2 heterocycles. The molecule has 1 N–H and O–H groups in total. The highest BCUT2D eigenvalue weighted by atomic mass is 32.2. The molecular weight excluding hydrogens is 288 g/mol. The van der Waals surface area contributed by atoms with E-state index in [9.17, 15) is 8.42 Å². The van der Waals surface area contributed by atoms with Gasteiger partial charge in [0, 0.05) is 18.1 Å². The maximum atomic E-state index is 12.6. The van der Waals surface area contributed by atoms with Gasteiger partial charge in [0.2, 0.25) is 5.09 Å². The molecule has 6 heteroatoms. The lowest BCUT2D eigenvalue weighted by molar-refractivity contribution is 0.342. The Labute approximate surface area is 127 Å². The van der Waals surface area contributed by atoms with Crippen molar-refractivity contribution in [3.63, 3.8) is 0 Å². The van der Waals surface area contributed by atoms with Crippen molar-refractivity contribution in [3.05, 3.63) is 17.9 Å². The number of sulfonamides is 1. The second-order valence-electron chi connectivity index (χ2n) is 7.09. The van der Waals surface area contributed by atoms with E-state index >= 15 is 0 Å². The van der Waals surface area contributed by atoms with E-state index in [1.807, 2.05) is 6.92 Å². The van der Waals surface area contributed by atoms with Gasteiger partial charge in [0.15, 0.2) is 0 Å². The lowest BCUT2D eigenvalue weighted by atomic mass is 10.1. The molecule has 1 fully saturated rings. The number of hydrogen-bond acceptors (Lipinski definition) is 4. The van der Waals surface area contributed by atoms with Gasteiger partial charge in [-0.15, -0.1) is 0 Å². The number of nitrogens with one attached hydrogen (secondary N) is 1. The Bertz CT molecular complexity index is 586. The predicted molar refractivity (Wildman–Crippen MR) is 82.4 cm³/mol. The Morgan fingerprint density at radius 1 is 1.33 bits per heavy atom. The molecule has 0 saturated carbocycles. The lowest BCUT2D eigenvalue weighted by Crippen LogP contribution is -2.35. The molecule has 2 unspecified atom stereocenters. The fraction of sp³-hybridized carbons (Fsp3) is 0.733. The van der Waals surface area contributed by atoms with Crippen molar-refractivity contribution in [3.8, 4) is 0 Å². The molecule has 2 rings (SSSR count). The van der Waals surface area contributed by atoms with Crippen LogP contribution < -0.4 is 5.32 Å². The summed E-state index contributed by atoms with van der Waals surface area (Å²) in [7, 11) is -3.51. The summed E-state index contributed by atoms with van der Waals surface area (Å²) in [6, 6.07) is 3.33. The second-order valence-corrected chi connectivity index (χ2v) is 8.91. The van der Waals surface area contributed by atoms with Crippen molar-refractivity contribution in [2.45, 2.75) is 64.3 Å². The van der Waals surface area contributed by atoms with Gasteiger partial charge in [-0.25, -0.2) is 8.42 Å². The number of nitrogens with zero attached hydrogens (tertiary/aromatic N) is 1. The van der Waals surface area contributed by atoms with Crippen LogP contribution in [0.4, 0.5) is 0 Å². The Hall–Kier alpha value is -0.850. The summed E-state index contributed by atoms with van der Waals surface area (Å²) < 4.78 is 32.3. The third-order valence-electron chi connectivity index (χ3n) is 3.72. The zero-order valence-corrected chi connectivity index (χ0v) is 14.3. The Kier molecular flexibility index (Phi) is 4.52. The number of furan rings is 1. The quantitative estimate of drug-likeness (QED) is 0.928. The van der Waals surface area contributed by atoms with E-state index in [-0.39, 0.29) is 16.7 Å². The first kappa shape index (κ1) is 16.5. The van der Waals surface area contributed by atoms with Crippen LogP contribution in [0.25, 0.3) is 0 Å². The van der Waals surface area contributed by atoms with Crippen LogP contribution in [-0.4, -0.2) is 30.8 Å². The summed E-state index contributed by atoms with van der Waals surface area (Å²) >= 11 is 0. The molecule has 120 valence electrons. The molecule has 1 aliphatic rings. The minimum absolute atomic E-state index is 0.0336. The summed E-state index contributed by atoms with van der Waals surface area (Å²) in [5, 5.41) is 3.34. The topological polar surface area (TPSA) is 62.6 Å². The van der Waals surface area contributed by atoms with Crippen molar-refractivity contribution in [1.82, 2.24) is 9.62 Å². The Morgan fingerprint density at radius 2 is 2.00 bits per heavy atom.